The Balaban J connectivity index is 2.86. The molecule has 1 heterocycles. The van der Waals surface area contributed by atoms with Gasteiger partial charge in [-0.15, -0.1) is 0 Å². The van der Waals surface area contributed by atoms with E-state index < -0.39 is 0 Å². The molecule has 2 atom stereocenters. The van der Waals surface area contributed by atoms with Gasteiger partial charge in [-0.3, -0.25) is 10.2 Å². The molecule has 0 amide bonds. The van der Waals surface area contributed by atoms with Crippen molar-refractivity contribution in [1.82, 2.24) is 10.4 Å². The van der Waals surface area contributed by atoms with E-state index in [1.165, 1.54) is 0 Å². The highest BCUT2D eigenvalue weighted by Crippen LogP contribution is 2.25. The fourth-order valence-electron chi connectivity index (χ4n) is 1.64. The third-order valence-corrected chi connectivity index (χ3v) is 2.53. The van der Waals surface area contributed by atoms with Crippen LogP contribution >= 0.6 is 0 Å². The predicted molar refractivity (Wildman–Crippen MR) is 53.1 cm³/mol. The van der Waals surface area contributed by atoms with Gasteiger partial charge in [-0.1, -0.05) is 20.8 Å². The van der Waals surface area contributed by atoms with Crippen LogP contribution in [0.5, 0.6) is 0 Å². The van der Waals surface area contributed by atoms with Gasteiger partial charge in [0.25, 0.3) is 0 Å². The first kappa shape index (κ1) is 11.2. The van der Waals surface area contributed by atoms with Crippen molar-refractivity contribution in [3.05, 3.63) is 0 Å². The molecule has 0 aliphatic carbocycles. The lowest BCUT2D eigenvalue weighted by Gasteiger charge is -2.26. The molecule has 0 aromatic rings. The average molecular weight is 195 g/mol. The van der Waals surface area contributed by atoms with Gasteiger partial charge in [-0.25, -0.2) is 5.01 Å². The van der Waals surface area contributed by atoms with Crippen LogP contribution in [0.2, 0.25) is 0 Å². The normalized spacial score (nSPS) is 28.8. The van der Waals surface area contributed by atoms with Crippen LogP contribution in [0.25, 0.3) is 0 Å². The first-order chi connectivity index (χ1) is 6.38. The van der Waals surface area contributed by atoms with E-state index in [9.17, 15) is 4.79 Å². The van der Waals surface area contributed by atoms with Crippen molar-refractivity contribution in [2.75, 3.05) is 13.6 Å². The number of nitrogens with zero attached hydrogens (tertiary/aromatic N) is 2. The number of rotatable bonds is 1. The molecule has 1 rings (SSSR count). The molecule has 1 saturated heterocycles. The lowest BCUT2D eigenvalue weighted by Crippen LogP contribution is -2.45. The van der Waals surface area contributed by atoms with Gasteiger partial charge < -0.3 is 0 Å². The Morgan fingerprint density at radius 3 is 2.57 bits per heavy atom. The molecule has 0 bridgehead atoms. The fraction of sp³-hybridized carbons (Fsp3) is 0.800. The van der Waals surface area contributed by atoms with Crippen molar-refractivity contribution in [1.29, 1.82) is 5.26 Å². The first-order valence-electron chi connectivity index (χ1n) is 4.78. The third kappa shape index (κ3) is 1.94. The number of nitriles is 1. The summed E-state index contributed by atoms with van der Waals surface area (Å²) in [7, 11) is 1.81. The van der Waals surface area contributed by atoms with Gasteiger partial charge in [0.05, 0.1) is 12.0 Å². The number of carbonyl (C=O) groups is 1. The zero-order chi connectivity index (χ0) is 10.9. The van der Waals surface area contributed by atoms with Crippen molar-refractivity contribution in [2.45, 2.75) is 26.8 Å². The number of ketones is 1. The van der Waals surface area contributed by atoms with Crippen molar-refractivity contribution < 1.29 is 4.79 Å². The molecule has 0 spiro atoms. The Labute approximate surface area is 84.9 Å². The lowest BCUT2D eigenvalue weighted by molar-refractivity contribution is -0.131. The van der Waals surface area contributed by atoms with Crippen LogP contribution < -0.4 is 5.43 Å². The van der Waals surface area contributed by atoms with Gasteiger partial charge in [-0.2, -0.15) is 5.26 Å². The Hall–Kier alpha value is -0.920. The molecule has 0 saturated carbocycles. The van der Waals surface area contributed by atoms with E-state index in [-0.39, 0.29) is 23.2 Å². The SMILES string of the molecule is CN1NCC(C#N)C1C(=O)C(C)(C)C. The second kappa shape index (κ2) is 3.68. The van der Waals surface area contributed by atoms with Crippen LogP contribution in [-0.4, -0.2) is 30.4 Å². The zero-order valence-corrected chi connectivity index (χ0v) is 9.16. The molecular formula is C10H17N3O. The smallest absolute Gasteiger partial charge is 0.158 e. The van der Waals surface area contributed by atoms with Gasteiger partial charge in [0, 0.05) is 19.0 Å². The minimum absolute atomic E-state index is 0.122. The molecular weight excluding hydrogens is 178 g/mol. The van der Waals surface area contributed by atoms with E-state index in [1.807, 2.05) is 27.8 Å². The molecule has 0 radical (unpaired) electrons. The summed E-state index contributed by atoms with van der Waals surface area (Å²) in [6.45, 7) is 6.22. The molecule has 1 aliphatic rings. The summed E-state index contributed by atoms with van der Waals surface area (Å²) in [6, 6.07) is 1.87. The molecule has 14 heavy (non-hydrogen) atoms. The highest BCUT2D eigenvalue weighted by Gasteiger charge is 2.41. The van der Waals surface area contributed by atoms with Crippen LogP contribution in [0.1, 0.15) is 20.8 Å². The van der Waals surface area contributed by atoms with E-state index in [4.69, 9.17) is 5.26 Å². The van der Waals surface area contributed by atoms with Crippen LogP contribution in [0.3, 0.4) is 0 Å². The minimum Gasteiger partial charge on any atom is -0.297 e. The number of hydrazine groups is 1. The Kier molecular flexibility index (Phi) is 2.93. The van der Waals surface area contributed by atoms with Gasteiger partial charge in [0.15, 0.2) is 5.78 Å². The molecule has 1 aliphatic heterocycles. The summed E-state index contributed by atoms with van der Waals surface area (Å²) in [5.74, 6) is -0.108. The van der Waals surface area contributed by atoms with E-state index in [0.29, 0.717) is 6.54 Å². The van der Waals surface area contributed by atoms with E-state index >= 15 is 0 Å². The van der Waals surface area contributed by atoms with Crippen LogP contribution in [0, 0.1) is 22.7 Å². The third-order valence-electron chi connectivity index (χ3n) is 2.53. The number of Topliss-reactive ketones (excluding diaryl/α,β-unsaturated/α-hetero) is 1. The Bertz CT molecular complexity index is 274. The second-order valence-corrected chi connectivity index (χ2v) is 4.77. The minimum atomic E-state index is -0.389. The van der Waals surface area contributed by atoms with Crippen LogP contribution in [0.15, 0.2) is 0 Å². The number of hydrogen-bond acceptors (Lipinski definition) is 4. The zero-order valence-electron chi connectivity index (χ0n) is 9.16. The van der Waals surface area contributed by atoms with Gasteiger partial charge in [0.1, 0.15) is 6.04 Å². The second-order valence-electron chi connectivity index (χ2n) is 4.77. The molecule has 1 N–H and O–H groups in total. The Morgan fingerprint density at radius 2 is 2.14 bits per heavy atom. The fourth-order valence-corrected chi connectivity index (χ4v) is 1.64. The number of likely N-dealkylation sites (N-methyl/N-ethyl adjacent to an activating group) is 1. The highest BCUT2D eigenvalue weighted by molar-refractivity contribution is 5.89. The summed E-state index contributed by atoms with van der Waals surface area (Å²) in [4.78, 5) is 12.0. The predicted octanol–water partition coefficient (Wildman–Crippen LogP) is 0.560. The van der Waals surface area contributed by atoms with Gasteiger partial charge in [-0.05, 0) is 0 Å². The molecule has 0 aromatic carbocycles. The van der Waals surface area contributed by atoms with Crippen LogP contribution in [-0.2, 0) is 4.79 Å². The standard InChI is InChI=1S/C10H17N3O/c1-10(2,3)9(14)8-7(5-11)6-12-13(8)4/h7-8,12H,6H2,1-4H3. The van der Waals surface area contributed by atoms with Crippen molar-refractivity contribution in [3.63, 3.8) is 0 Å². The van der Waals surface area contributed by atoms with E-state index in [1.54, 1.807) is 5.01 Å². The first-order valence-corrected chi connectivity index (χ1v) is 4.78. The summed E-state index contributed by atoms with van der Waals surface area (Å²) in [6.07, 6.45) is 0. The van der Waals surface area contributed by atoms with E-state index in [2.05, 4.69) is 11.5 Å². The summed E-state index contributed by atoms with van der Waals surface area (Å²) in [5, 5.41) is 10.7. The van der Waals surface area contributed by atoms with Crippen molar-refractivity contribution >= 4 is 5.78 Å². The highest BCUT2D eigenvalue weighted by atomic mass is 16.1. The summed E-state index contributed by atoms with van der Waals surface area (Å²) >= 11 is 0. The van der Waals surface area contributed by atoms with Crippen LogP contribution in [0.4, 0.5) is 0 Å². The molecule has 2 unspecified atom stereocenters. The maximum atomic E-state index is 12.0. The largest absolute Gasteiger partial charge is 0.297 e. The lowest BCUT2D eigenvalue weighted by atomic mass is 9.82. The van der Waals surface area contributed by atoms with Crippen molar-refractivity contribution in [3.8, 4) is 6.07 Å². The average Bonchev–Trinajstić information content (AvgIpc) is 2.43. The number of nitrogens with one attached hydrogen (secondary N) is 1. The quantitative estimate of drug-likeness (QED) is 0.664. The molecule has 4 heteroatoms. The van der Waals surface area contributed by atoms with Crippen molar-refractivity contribution in [2.24, 2.45) is 11.3 Å². The maximum absolute atomic E-state index is 12.0. The summed E-state index contributed by atoms with van der Waals surface area (Å²) < 4.78 is 0. The van der Waals surface area contributed by atoms with E-state index in [0.717, 1.165) is 0 Å². The van der Waals surface area contributed by atoms with Gasteiger partial charge >= 0.3 is 0 Å². The Morgan fingerprint density at radius 1 is 1.57 bits per heavy atom. The topological polar surface area (TPSA) is 56.1 Å². The molecule has 4 nitrogen and oxygen atoms in total. The monoisotopic (exact) mass is 195 g/mol. The summed E-state index contributed by atoms with van der Waals surface area (Å²) in [5.41, 5.74) is 2.62. The molecule has 1 fully saturated rings. The maximum Gasteiger partial charge on any atom is 0.158 e. The number of carbonyl (C=O) groups excluding carboxylic acids is 1. The molecule has 78 valence electrons. The number of hydrogen-bond donors (Lipinski definition) is 1. The van der Waals surface area contributed by atoms with Gasteiger partial charge in [0.2, 0.25) is 0 Å². The molecule has 0 aromatic heterocycles.